The summed E-state index contributed by atoms with van der Waals surface area (Å²) in [6, 6.07) is -0.819. The molecular weight excluding hydrogens is 610 g/mol. The number of ether oxygens (including phenoxy) is 2. The summed E-state index contributed by atoms with van der Waals surface area (Å²) in [6.07, 6.45) is 28.9. The summed E-state index contributed by atoms with van der Waals surface area (Å²) in [5.74, 6) is -0.229. The van der Waals surface area contributed by atoms with Gasteiger partial charge in [-0.15, -0.1) is 0 Å². The molecule has 48 heavy (non-hydrogen) atoms. The third kappa shape index (κ3) is 21.5. The quantitative estimate of drug-likeness (QED) is 0.0370. The van der Waals surface area contributed by atoms with E-state index in [4.69, 9.17) is 9.47 Å². The van der Waals surface area contributed by atoms with Crippen LogP contribution in [0, 0.1) is 0 Å². The predicted molar refractivity (Wildman–Crippen MR) is 193 cm³/mol. The zero-order chi connectivity index (χ0) is 35.2. The van der Waals surface area contributed by atoms with Gasteiger partial charge in [0.15, 0.2) is 6.29 Å². The summed E-state index contributed by atoms with van der Waals surface area (Å²) < 4.78 is 11.0. The minimum Gasteiger partial charge on any atom is -0.394 e. The molecule has 280 valence electrons. The molecule has 0 aromatic heterocycles. The highest BCUT2D eigenvalue weighted by Gasteiger charge is 2.44. The van der Waals surface area contributed by atoms with Crippen LogP contribution in [0.3, 0.4) is 0 Å². The van der Waals surface area contributed by atoms with E-state index in [0.29, 0.717) is 12.8 Å². The van der Waals surface area contributed by atoms with Gasteiger partial charge < -0.3 is 40.3 Å². The number of unbranched alkanes of at least 4 members (excludes halogenated alkanes) is 16. The van der Waals surface area contributed by atoms with Crippen LogP contribution in [0.5, 0.6) is 0 Å². The SMILES string of the molecule is CCCCCCCCCCCCCCC/C=C/CC/C=C/CC/C=C/C(O)C(COC1OC(CO)C(O)C(O)C1O)NC(=O)CCCC. The van der Waals surface area contributed by atoms with Gasteiger partial charge in [0.2, 0.25) is 5.91 Å². The molecule has 1 saturated heterocycles. The number of amides is 1. The van der Waals surface area contributed by atoms with Gasteiger partial charge in [-0.2, -0.15) is 0 Å². The first-order chi connectivity index (χ1) is 23.3. The Balaban J connectivity index is 2.23. The Hall–Kier alpha value is -1.59. The third-order valence-electron chi connectivity index (χ3n) is 8.95. The molecule has 6 N–H and O–H groups in total. The summed E-state index contributed by atoms with van der Waals surface area (Å²) in [5, 5.41) is 53.2. The van der Waals surface area contributed by atoms with Crippen LogP contribution in [0.25, 0.3) is 0 Å². The van der Waals surface area contributed by atoms with Crippen molar-refractivity contribution in [1.82, 2.24) is 5.32 Å². The number of aliphatic hydroxyl groups excluding tert-OH is 5. The Morgan fingerprint density at radius 3 is 1.73 bits per heavy atom. The molecule has 0 saturated carbocycles. The summed E-state index contributed by atoms with van der Waals surface area (Å²) in [6.45, 7) is 3.48. The maximum Gasteiger partial charge on any atom is 0.220 e. The first-order valence-electron chi connectivity index (χ1n) is 19.2. The lowest BCUT2D eigenvalue weighted by atomic mass is 9.99. The van der Waals surface area contributed by atoms with Crippen molar-refractivity contribution in [3.63, 3.8) is 0 Å². The largest absolute Gasteiger partial charge is 0.394 e. The van der Waals surface area contributed by atoms with E-state index < -0.39 is 49.5 Å². The molecule has 1 aliphatic heterocycles. The van der Waals surface area contributed by atoms with Crippen LogP contribution >= 0.6 is 0 Å². The second-order valence-corrected chi connectivity index (χ2v) is 13.4. The van der Waals surface area contributed by atoms with Crippen molar-refractivity contribution in [3.8, 4) is 0 Å². The minimum atomic E-state index is -1.57. The molecule has 1 amide bonds. The van der Waals surface area contributed by atoms with Crippen molar-refractivity contribution >= 4 is 5.91 Å². The number of nitrogens with one attached hydrogen (secondary N) is 1. The lowest BCUT2D eigenvalue weighted by Crippen LogP contribution is -2.60. The lowest BCUT2D eigenvalue weighted by Gasteiger charge is -2.40. The molecule has 1 aliphatic rings. The van der Waals surface area contributed by atoms with E-state index in [1.807, 2.05) is 13.0 Å². The second-order valence-electron chi connectivity index (χ2n) is 13.4. The fourth-order valence-electron chi connectivity index (χ4n) is 5.75. The van der Waals surface area contributed by atoms with E-state index in [2.05, 4.69) is 36.5 Å². The van der Waals surface area contributed by atoms with E-state index in [1.54, 1.807) is 6.08 Å². The molecule has 0 aromatic carbocycles. The van der Waals surface area contributed by atoms with Gasteiger partial charge in [0.25, 0.3) is 0 Å². The van der Waals surface area contributed by atoms with Crippen molar-refractivity contribution in [1.29, 1.82) is 0 Å². The number of carbonyl (C=O) groups is 1. The van der Waals surface area contributed by atoms with Gasteiger partial charge in [-0.3, -0.25) is 4.79 Å². The molecule has 1 rings (SSSR count). The molecule has 7 atom stereocenters. The van der Waals surface area contributed by atoms with E-state index in [0.717, 1.165) is 32.1 Å². The minimum absolute atomic E-state index is 0.209. The molecule has 0 aromatic rings. The van der Waals surface area contributed by atoms with Crippen molar-refractivity contribution in [2.24, 2.45) is 0 Å². The second kappa shape index (κ2) is 30.3. The molecule has 0 bridgehead atoms. The Bertz CT molecular complexity index is 848. The molecule has 0 aliphatic carbocycles. The fourth-order valence-corrected chi connectivity index (χ4v) is 5.75. The Morgan fingerprint density at radius 2 is 1.19 bits per heavy atom. The molecular formula is C39H71NO8. The van der Waals surface area contributed by atoms with Gasteiger partial charge in [0.1, 0.15) is 24.4 Å². The zero-order valence-electron chi connectivity index (χ0n) is 30.2. The number of hydrogen-bond acceptors (Lipinski definition) is 8. The highest BCUT2D eigenvalue weighted by atomic mass is 16.7. The maximum absolute atomic E-state index is 12.4. The summed E-state index contributed by atoms with van der Waals surface area (Å²) in [7, 11) is 0. The summed E-state index contributed by atoms with van der Waals surface area (Å²) >= 11 is 0. The van der Waals surface area contributed by atoms with Gasteiger partial charge in [0, 0.05) is 6.42 Å². The average Bonchev–Trinajstić information content (AvgIpc) is 3.09. The molecule has 9 nitrogen and oxygen atoms in total. The molecule has 0 radical (unpaired) electrons. The standard InChI is InChI=1S/C39H71NO8/c1-3-5-7-8-9-10-11-12-13-14-15-16-17-18-19-20-21-22-23-24-25-26-27-28-33(42)32(40-35(43)29-6-4-2)31-47-39-38(46)37(45)36(44)34(30-41)48-39/h19-20,23-24,27-28,32-34,36-39,41-42,44-46H,3-18,21-22,25-26,29-31H2,1-2H3,(H,40,43)/b20-19+,24-23+,28-27+. The summed E-state index contributed by atoms with van der Waals surface area (Å²) in [5.41, 5.74) is 0. The number of rotatable bonds is 30. The normalized spacial score (nSPS) is 23.0. The molecule has 1 fully saturated rings. The van der Waals surface area contributed by atoms with Crippen LogP contribution < -0.4 is 5.32 Å². The number of hydrogen-bond donors (Lipinski definition) is 6. The smallest absolute Gasteiger partial charge is 0.220 e. The van der Waals surface area contributed by atoms with Gasteiger partial charge in [0.05, 0.1) is 25.4 Å². The van der Waals surface area contributed by atoms with Crippen LogP contribution in [0.1, 0.15) is 149 Å². The van der Waals surface area contributed by atoms with Crippen LogP contribution in [0.2, 0.25) is 0 Å². The third-order valence-corrected chi connectivity index (χ3v) is 8.95. The topological polar surface area (TPSA) is 149 Å². The number of aliphatic hydroxyl groups is 5. The monoisotopic (exact) mass is 682 g/mol. The van der Waals surface area contributed by atoms with Crippen molar-refractivity contribution in [3.05, 3.63) is 36.5 Å². The van der Waals surface area contributed by atoms with E-state index in [1.165, 1.54) is 89.9 Å². The molecule has 0 spiro atoms. The van der Waals surface area contributed by atoms with E-state index >= 15 is 0 Å². The predicted octanol–water partition coefficient (Wildman–Crippen LogP) is 6.55. The summed E-state index contributed by atoms with van der Waals surface area (Å²) in [4.78, 5) is 12.4. The molecule has 1 heterocycles. The first kappa shape index (κ1) is 44.4. The van der Waals surface area contributed by atoms with Gasteiger partial charge >= 0.3 is 0 Å². The van der Waals surface area contributed by atoms with Crippen LogP contribution in [0.4, 0.5) is 0 Å². The van der Waals surface area contributed by atoms with E-state index in [9.17, 15) is 30.3 Å². The molecule has 9 heteroatoms. The maximum atomic E-state index is 12.4. The van der Waals surface area contributed by atoms with E-state index in [-0.39, 0.29) is 12.5 Å². The molecule has 7 unspecified atom stereocenters. The zero-order valence-corrected chi connectivity index (χ0v) is 30.2. The highest BCUT2D eigenvalue weighted by Crippen LogP contribution is 2.22. The van der Waals surface area contributed by atoms with Crippen LogP contribution in [-0.2, 0) is 14.3 Å². The lowest BCUT2D eigenvalue weighted by molar-refractivity contribution is -0.302. The first-order valence-corrected chi connectivity index (χ1v) is 19.2. The van der Waals surface area contributed by atoms with Crippen molar-refractivity contribution in [2.45, 2.75) is 192 Å². The van der Waals surface area contributed by atoms with Crippen molar-refractivity contribution in [2.75, 3.05) is 13.2 Å². The van der Waals surface area contributed by atoms with Crippen LogP contribution in [0.15, 0.2) is 36.5 Å². The fraction of sp³-hybridized carbons (Fsp3) is 0.821. The van der Waals surface area contributed by atoms with Gasteiger partial charge in [-0.1, -0.05) is 134 Å². The average molecular weight is 682 g/mol. The Morgan fingerprint density at radius 1 is 0.688 bits per heavy atom. The van der Waals surface area contributed by atoms with Crippen molar-refractivity contribution < 1.29 is 39.8 Å². The highest BCUT2D eigenvalue weighted by molar-refractivity contribution is 5.76. The van der Waals surface area contributed by atoms with Gasteiger partial charge in [-0.25, -0.2) is 0 Å². The van der Waals surface area contributed by atoms with Crippen LogP contribution in [-0.4, -0.2) is 87.5 Å². The Labute approximate surface area is 291 Å². The van der Waals surface area contributed by atoms with Gasteiger partial charge in [-0.05, 0) is 44.9 Å². The number of allylic oxidation sites excluding steroid dienone is 5. The Kier molecular flexibility index (Phi) is 28.0. The number of carbonyl (C=O) groups excluding carboxylic acids is 1.